The van der Waals surface area contributed by atoms with Gasteiger partial charge < -0.3 is 54.6 Å². The highest BCUT2D eigenvalue weighted by Crippen LogP contribution is 2.41. The van der Waals surface area contributed by atoms with Crippen LogP contribution in [0.2, 0.25) is 0 Å². The monoisotopic (exact) mass is 687 g/mol. The highest BCUT2D eigenvalue weighted by atomic mass is 16.7. The lowest BCUT2D eigenvalue weighted by Crippen LogP contribution is -2.62. The lowest BCUT2D eigenvalue weighted by Gasteiger charge is -2.48. The number of nitrogens with two attached hydrogens (primary N) is 1. The number of aliphatic hydroxyl groups is 2. The van der Waals surface area contributed by atoms with Gasteiger partial charge in [0.25, 0.3) is 0 Å². The summed E-state index contributed by atoms with van der Waals surface area (Å²) >= 11 is 0. The van der Waals surface area contributed by atoms with Crippen molar-refractivity contribution in [2.24, 2.45) is 29.4 Å². The molecule has 3 heterocycles. The van der Waals surface area contributed by atoms with Crippen molar-refractivity contribution < 1.29 is 57.8 Å². The van der Waals surface area contributed by atoms with Crippen LogP contribution < -0.4 is 11.1 Å². The van der Waals surface area contributed by atoms with Crippen LogP contribution in [0.25, 0.3) is 0 Å². The van der Waals surface area contributed by atoms with Crippen molar-refractivity contribution in [2.75, 3.05) is 14.1 Å². The third-order valence-corrected chi connectivity index (χ3v) is 10.4. The van der Waals surface area contributed by atoms with Crippen molar-refractivity contribution in [1.82, 2.24) is 10.2 Å². The number of ketones is 1. The van der Waals surface area contributed by atoms with E-state index in [0.29, 0.717) is 12.8 Å². The summed E-state index contributed by atoms with van der Waals surface area (Å²) in [6.07, 6.45) is -8.57. The van der Waals surface area contributed by atoms with E-state index in [0.717, 1.165) is 0 Å². The first-order chi connectivity index (χ1) is 22.2. The molecule has 15 atom stereocenters. The first-order valence-corrected chi connectivity index (χ1v) is 16.8. The molecular formula is C33H57N3O12. The number of rotatable bonds is 6. The number of nitrogens with zero attached hydrogens (tertiary/aromatic N) is 1. The predicted molar refractivity (Wildman–Crippen MR) is 171 cm³/mol. The number of fused-ring (bicyclic) bond motifs is 1. The number of ether oxygens (including phenoxy) is 6. The Kier molecular flexibility index (Phi) is 12.9. The molecule has 3 aliphatic heterocycles. The number of primary amides is 1. The van der Waals surface area contributed by atoms with Gasteiger partial charge in [-0.05, 0) is 54.1 Å². The molecule has 0 bridgehead atoms. The molecule has 3 aliphatic rings. The van der Waals surface area contributed by atoms with E-state index in [1.807, 2.05) is 25.9 Å². The van der Waals surface area contributed by atoms with Crippen LogP contribution in [0, 0.1) is 23.7 Å². The minimum absolute atomic E-state index is 0.110. The van der Waals surface area contributed by atoms with Crippen LogP contribution in [0.1, 0.15) is 81.6 Å². The third kappa shape index (κ3) is 8.41. The van der Waals surface area contributed by atoms with Gasteiger partial charge in [0.2, 0.25) is 0 Å². The molecule has 1 unspecified atom stereocenters. The fraction of sp³-hybridized carbons (Fsp3) is 0.879. The highest BCUT2D eigenvalue weighted by Gasteiger charge is 2.57. The van der Waals surface area contributed by atoms with E-state index >= 15 is 0 Å². The molecule has 0 aromatic rings. The summed E-state index contributed by atoms with van der Waals surface area (Å²) in [5.74, 6) is -4.30. The van der Waals surface area contributed by atoms with Gasteiger partial charge in [0.15, 0.2) is 24.3 Å². The largest absolute Gasteiger partial charge is 0.455 e. The number of alkyl carbamates (subject to hydrolysis) is 1. The Morgan fingerprint density at radius 3 is 2.23 bits per heavy atom. The number of hydrogen-bond donors (Lipinski definition) is 4. The molecule has 5 N–H and O–H groups in total. The van der Waals surface area contributed by atoms with E-state index in [1.165, 1.54) is 6.92 Å². The SMILES string of the molecule is CC[C@H]1OC(O)[C@H](C)[C@@H](O)[C@H](C)[C@@H](O[C@@H]2O[C@H](C)C[C@H](N(C)C)[C@H]2OC(C)=O)[C@](C)(OC(N)=O)C[C@@H](C)C(=O)[C@H](C)[C@H]2NC(=O)O[C@@]21C. The van der Waals surface area contributed by atoms with Gasteiger partial charge in [-0.15, -0.1) is 0 Å². The zero-order chi connectivity index (χ0) is 36.5. The Hall–Kier alpha value is -2.56. The number of carbonyl (C=O) groups excluding carboxylic acids is 4. The standard InChI is InChI=1S/C33H57N3O12/c1-12-22-33(9)26(35-31(42)48-33)17(4)23(38)15(2)14-32(8,47-30(34)41)27(18(5)24(39)19(6)28(40)45-22)46-29-25(44-20(7)37)21(36(10)11)13-16(3)43-29/h15-19,21-22,24-29,39-40H,12-14H2,1-11H3,(H2,34,41)(H,35,42)/t15-,16-,17+,18+,19-,21+,22-,24+,25-,26-,27-,28?,29+,32-,33-/m1/s1. The molecule has 3 fully saturated rings. The van der Waals surface area contributed by atoms with Crippen molar-refractivity contribution >= 4 is 23.9 Å². The third-order valence-electron chi connectivity index (χ3n) is 10.4. The molecule has 15 nitrogen and oxygen atoms in total. The molecule has 0 spiro atoms. The average molecular weight is 688 g/mol. The zero-order valence-corrected chi connectivity index (χ0v) is 30.1. The predicted octanol–water partition coefficient (Wildman–Crippen LogP) is 2.08. The molecule has 48 heavy (non-hydrogen) atoms. The summed E-state index contributed by atoms with van der Waals surface area (Å²) in [4.78, 5) is 53.4. The van der Waals surface area contributed by atoms with E-state index in [9.17, 15) is 29.4 Å². The zero-order valence-electron chi connectivity index (χ0n) is 30.1. The van der Waals surface area contributed by atoms with Gasteiger partial charge in [0.1, 0.15) is 23.6 Å². The van der Waals surface area contributed by atoms with Crippen LogP contribution in [0.15, 0.2) is 0 Å². The lowest BCUT2D eigenvalue weighted by molar-refractivity contribution is -0.303. The van der Waals surface area contributed by atoms with Crippen LogP contribution in [0.4, 0.5) is 9.59 Å². The summed E-state index contributed by atoms with van der Waals surface area (Å²) in [7, 11) is 3.68. The Labute approximate surface area is 283 Å². The van der Waals surface area contributed by atoms with Crippen LogP contribution in [0.3, 0.4) is 0 Å². The molecule has 0 aliphatic carbocycles. The first-order valence-electron chi connectivity index (χ1n) is 16.8. The lowest BCUT2D eigenvalue weighted by atomic mass is 9.73. The van der Waals surface area contributed by atoms with E-state index in [1.54, 1.807) is 48.5 Å². The number of amides is 2. The number of esters is 1. The summed E-state index contributed by atoms with van der Waals surface area (Å²) in [6.45, 7) is 14.7. The number of likely N-dealkylation sites (N-methyl/N-ethyl adjacent to an activating group) is 1. The van der Waals surface area contributed by atoms with Gasteiger partial charge in [0.05, 0.1) is 24.3 Å². The highest BCUT2D eigenvalue weighted by molar-refractivity contribution is 5.85. The van der Waals surface area contributed by atoms with Crippen molar-refractivity contribution in [3.05, 3.63) is 0 Å². The molecule has 276 valence electrons. The molecule has 0 saturated carbocycles. The van der Waals surface area contributed by atoms with Crippen LogP contribution >= 0.6 is 0 Å². The van der Waals surface area contributed by atoms with Crippen molar-refractivity contribution in [3.8, 4) is 0 Å². The molecule has 3 rings (SSSR count). The summed E-state index contributed by atoms with van der Waals surface area (Å²) in [6, 6.07) is -1.15. The molecular weight excluding hydrogens is 630 g/mol. The normalized spacial score (nSPS) is 44.6. The van der Waals surface area contributed by atoms with E-state index in [2.05, 4.69) is 5.32 Å². The maximum absolute atomic E-state index is 14.1. The summed E-state index contributed by atoms with van der Waals surface area (Å²) in [5, 5.41) is 25.9. The van der Waals surface area contributed by atoms with Gasteiger partial charge in [0, 0.05) is 30.6 Å². The minimum Gasteiger partial charge on any atom is -0.455 e. The number of aliphatic hydroxyl groups excluding tert-OH is 2. The maximum Gasteiger partial charge on any atom is 0.408 e. The molecule has 0 radical (unpaired) electrons. The van der Waals surface area contributed by atoms with Crippen LogP contribution in [0.5, 0.6) is 0 Å². The minimum atomic E-state index is -1.67. The average Bonchev–Trinajstić information content (AvgIpc) is 3.30. The smallest absolute Gasteiger partial charge is 0.408 e. The maximum atomic E-state index is 14.1. The molecule has 2 amide bonds. The second kappa shape index (κ2) is 15.5. The van der Waals surface area contributed by atoms with E-state index in [4.69, 9.17) is 34.2 Å². The Morgan fingerprint density at radius 1 is 1.06 bits per heavy atom. The summed E-state index contributed by atoms with van der Waals surface area (Å²) < 4.78 is 36.2. The van der Waals surface area contributed by atoms with Crippen LogP contribution in [-0.2, 0) is 38.0 Å². The van der Waals surface area contributed by atoms with Gasteiger partial charge in [-0.2, -0.15) is 0 Å². The Balaban J connectivity index is 2.18. The quantitative estimate of drug-likeness (QED) is 0.234. The molecule has 0 aromatic heterocycles. The Morgan fingerprint density at radius 2 is 1.69 bits per heavy atom. The van der Waals surface area contributed by atoms with E-state index in [-0.39, 0.29) is 24.3 Å². The van der Waals surface area contributed by atoms with Crippen molar-refractivity contribution in [1.29, 1.82) is 0 Å². The fourth-order valence-electron chi connectivity index (χ4n) is 7.90. The van der Waals surface area contributed by atoms with Crippen molar-refractivity contribution in [2.45, 2.75) is 148 Å². The number of nitrogens with one attached hydrogen (secondary N) is 1. The van der Waals surface area contributed by atoms with Gasteiger partial charge in [-0.3, -0.25) is 9.59 Å². The second-order valence-corrected chi connectivity index (χ2v) is 14.6. The van der Waals surface area contributed by atoms with Crippen molar-refractivity contribution in [3.63, 3.8) is 0 Å². The topological polar surface area (TPSA) is 205 Å². The molecule has 3 saturated heterocycles. The Bertz CT molecular complexity index is 1170. The van der Waals surface area contributed by atoms with Crippen LogP contribution in [-0.4, -0.2) is 120 Å². The number of carbonyl (C=O) groups is 4. The number of Topliss-reactive ketones (excluding diaryl/α,β-unsaturated/α-hetero) is 1. The fourth-order valence-corrected chi connectivity index (χ4v) is 7.90. The second-order valence-electron chi connectivity index (χ2n) is 14.6. The van der Waals surface area contributed by atoms with Gasteiger partial charge in [-0.1, -0.05) is 34.6 Å². The summed E-state index contributed by atoms with van der Waals surface area (Å²) in [5.41, 5.74) is 2.61. The first kappa shape index (κ1) is 39.9. The molecule has 0 aromatic carbocycles. The number of hydrogen-bond acceptors (Lipinski definition) is 13. The van der Waals surface area contributed by atoms with Gasteiger partial charge in [-0.25, -0.2) is 9.59 Å². The van der Waals surface area contributed by atoms with Gasteiger partial charge >= 0.3 is 18.2 Å². The van der Waals surface area contributed by atoms with E-state index < -0.39 is 96.1 Å². The molecule has 15 heteroatoms.